The number of rotatable bonds is 3. The quantitative estimate of drug-likeness (QED) is 0.727. The Morgan fingerprint density at radius 2 is 1.42 bits per heavy atom. The average Bonchev–Trinajstić information content (AvgIpc) is 2.73. The van der Waals surface area contributed by atoms with Gasteiger partial charge in [0.2, 0.25) is 0 Å². The summed E-state index contributed by atoms with van der Waals surface area (Å²) in [5.41, 5.74) is -0.746. The number of hydrogen-bond acceptors (Lipinski definition) is 3. The summed E-state index contributed by atoms with van der Waals surface area (Å²) < 4.78 is 39.3. The first-order chi connectivity index (χ1) is 14.4. The van der Waals surface area contributed by atoms with Crippen molar-refractivity contribution in [2.24, 2.45) is 10.8 Å². The molecule has 0 spiro atoms. The third-order valence-electron chi connectivity index (χ3n) is 7.64. The van der Waals surface area contributed by atoms with Gasteiger partial charge >= 0.3 is 6.18 Å². The summed E-state index contributed by atoms with van der Waals surface area (Å²) >= 11 is 0. The fourth-order valence-corrected chi connectivity index (χ4v) is 6.50. The van der Waals surface area contributed by atoms with Gasteiger partial charge in [0.1, 0.15) is 5.60 Å². The highest BCUT2D eigenvalue weighted by Crippen LogP contribution is 2.68. The van der Waals surface area contributed by atoms with E-state index in [1.807, 2.05) is 35.2 Å². The standard InChI is InChI=1S/C25H31F3N2O/c1-22(2)21(23(3,4)24(22,31)18-9-6-5-7-10-18)30-15-13-29(14-16-30)20-12-8-11-19(17-20)25(26,27)28/h5-12,17,21,31H,13-16H2,1-4H3. The molecule has 6 heteroatoms. The molecule has 1 heterocycles. The van der Waals surface area contributed by atoms with Crippen molar-refractivity contribution in [1.82, 2.24) is 4.90 Å². The minimum atomic E-state index is -4.33. The van der Waals surface area contributed by atoms with Crippen LogP contribution in [-0.4, -0.2) is 42.2 Å². The molecule has 2 fully saturated rings. The van der Waals surface area contributed by atoms with Crippen LogP contribution in [0.4, 0.5) is 18.9 Å². The van der Waals surface area contributed by atoms with Crippen LogP contribution in [0, 0.1) is 10.8 Å². The molecule has 1 saturated carbocycles. The van der Waals surface area contributed by atoms with Crippen LogP contribution in [0.25, 0.3) is 0 Å². The Hall–Kier alpha value is -2.05. The van der Waals surface area contributed by atoms with Crippen molar-refractivity contribution in [2.45, 2.75) is 45.5 Å². The van der Waals surface area contributed by atoms with Crippen molar-refractivity contribution in [2.75, 3.05) is 31.1 Å². The minimum Gasteiger partial charge on any atom is -0.384 e. The van der Waals surface area contributed by atoms with Crippen molar-refractivity contribution in [3.8, 4) is 0 Å². The third-order valence-corrected chi connectivity index (χ3v) is 7.64. The van der Waals surface area contributed by atoms with Crippen molar-refractivity contribution in [3.63, 3.8) is 0 Å². The molecule has 2 aromatic carbocycles. The molecular weight excluding hydrogens is 401 g/mol. The van der Waals surface area contributed by atoms with Gasteiger partial charge in [0.05, 0.1) is 5.56 Å². The van der Waals surface area contributed by atoms with Gasteiger partial charge in [-0.05, 0) is 23.8 Å². The molecule has 0 unspecified atom stereocenters. The number of halogens is 3. The maximum atomic E-state index is 13.1. The predicted molar refractivity (Wildman–Crippen MR) is 117 cm³/mol. The zero-order valence-corrected chi connectivity index (χ0v) is 18.6. The van der Waals surface area contributed by atoms with E-state index in [9.17, 15) is 18.3 Å². The van der Waals surface area contributed by atoms with Gasteiger partial charge in [-0.15, -0.1) is 0 Å². The van der Waals surface area contributed by atoms with E-state index in [1.54, 1.807) is 6.07 Å². The van der Waals surface area contributed by atoms with Crippen LogP contribution in [0.5, 0.6) is 0 Å². The summed E-state index contributed by atoms with van der Waals surface area (Å²) in [4.78, 5) is 4.43. The second kappa shape index (κ2) is 7.24. The molecule has 1 saturated heterocycles. The zero-order valence-electron chi connectivity index (χ0n) is 18.6. The first kappa shape index (κ1) is 22.2. The maximum absolute atomic E-state index is 13.1. The topological polar surface area (TPSA) is 26.7 Å². The Balaban J connectivity index is 1.51. The van der Waals surface area contributed by atoms with E-state index < -0.39 is 17.3 Å². The first-order valence-electron chi connectivity index (χ1n) is 10.8. The van der Waals surface area contributed by atoms with E-state index in [1.165, 1.54) is 12.1 Å². The van der Waals surface area contributed by atoms with E-state index in [4.69, 9.17) is 0 Å². The second-order valence-electron chi connectivity index (χ2n) is 9.99. The SMILES string of the molecule is CC1(C)C(N2CCN(c3cccc(C(F)(F)F)c3)CC2)C(C)(C)C1(O)c1ccccc1. The number of alkyl halides is 3. The maximum Gasteiger partial charge on any atom is 0.416 e. The van der Waals surface area contributed by atoms with E-state index >= 15 is 0 Å². The summed E-state index contributed by atoms with van der Waals surface area (Å²) in [6, 6.07) is 15.6. The van der Waals surface area contributed by atoms with Crippen LogP contribution < -0.4 is 4.90 Å². The van der Waals surface area contributed by atoms with E-state index in [0.717, 1.165) is 24.7 Å². The van der Waals surface area contributed by atoms with E-state index in [-0.39, 0.29) is 16.9 Å². The number of piperazine rings is 1. The molecule has 1 aliphatic carbocycles. The highest BCUT2D eigenvalue weighted by Gasteiger charge is 2.73. The third kappa shape index (κ3) is 3.26. The number of aliphatic hydroxyl groups is 1. The van der Waals surface area contributed by atoms with E-state index in [0.29, 0.717) is 18.8 Å². The van der Waals surface area contributed by atoms with Crippen molar-refractivity contribution in [3.05, 3.63) is 65.7 Å². The lowest BCUT2D eigenvalue weighted by atomic mass is 9.39. The molecule has 168 valence electrons. The molecule has 1 N–H and O–H groups in total. The summed E-state index contributed by atoms with van der Waals surface area (Å²) in [5.74, 6) is 0. The largest absolute Gasteiger partial charge is 0.416 e. The van der Waals surface area contributed by atoms with Crippen molar-refractivity contribution >= 4 is 5.69 Å². The zero-order chi connectivity index (χ0) is 22.7. The van der Waals surface area contributed by atoms with Gasteiger partial charge in [-0.1, -0.05) is 64.1 Å². The summed E-state index contributed by atoms with van der Waals surface area (Å²) in [5, 5.41) is 11.8. The van der Waals surface area contributed by atoms with E-state index in [2.05, 4.69) is 32.6 Å². The predicted octanol–water partition coefficient (Wildman–Crippen LogP) is 5.15. The van der Waals surface area contributed by atoms with Crippen LogP contribution in [0.15, 0.2) is 54.6 Å². The second-order valence-corrected chi connectivity index (χ2v) is 9.99. The fourth-order valence-electron chi connectivity index (χ4n) is 6.50. The van der Waals surface area contributed by atoms with Crippen LogP contribution in [-0.2, 0) is 11.8 Å². The molecule has 31 heavy (non-hydrogen) atoms. The molecule has 0 bridgehead atoms. The molecule has 1 aliphatic heterocycles. The lowest BCUT2D eigenvalue weighted by molar-refractivity contribution is -0.307. The van der Waals surface area contributed by atoms with Crippen molar-refractivity contribution < 1.29 is 18.3 Å². The van der Waals surface area contributed by atoms with Crippen LogP contribution in [0.2, 0.25) is 0 Å². The van der Waals surface area contributed by atoms with Gasteiger partial charge in [-0.3, -0.25) is 4.90 Å². The molecule has 2 aliphatic rings. The monoisotopic (exact) mass is 432 g/mol. The smallest absolute Gasteiger partial charge is 0.384 e. The fraction of sp³-hybridized carbons (Fsp3) is 0.520. The van der Waals surface area contributed by atoms with Gasteiger partial charge in [-0.25, -0.2) is 0 Å². The summed E-state index contributed by atoms with van der Waals surface area (Å²) in [6.45, 7) is 11.3. The number of hydrogen-bond donors (Lipinski definition) is 1. The number of anilines is 1. The van der Waals surface area contributed by atoms with Gasteiger partial charge in [0, 0.05) is 48.7 Å². The summed E-state index contributed by atoms with van der Waals surface area (Å²) in [7, 11) is 0. The lowest BCUT2D eigenvalue weighted by Gasteiger charge is -2.72. The Bertz CT molecular complexity index is 915. The Morgan fingerprint density at radius 1 is 0.839 bits per heavy atom. The highest BCUT2D eigenvalue weighted by molar-refractivity contribution is 5.50. The molecule has 2 aromatic rings. The van der Waals surface area contributed by atoms with Gasteiger partial charge < -0.3 is 10.0 Å². The molecule has 0 atom stereocenters. The van der Waals surface area contributed by atoms with Gasteiger partial charge in [-0.2, -0.15) is 13.2 Å². The van der Waals surface area contributed by atoms with Crippen LogP contribution in [0.3, 0.4) is 0 Å². The minimum absolute atomic E-state index is 0.161. The molecule has 0 radical (unpaired) electrons. The molecule has 4 rings (SSSR count). The molecule has 0 amide bonds. The molecule has 0 aromatic heterocycles. The highest BCUT2D eigenvalue weighted by atomic mass is 19.4. The Morgan fingerprint density at radius 3 is 1.97 bits per heavy atom. The lowest BCUT2D eigenvalue weighted by Crippen LogP contribution is -2.79. The average molecular weight is 433 g/mol. The normalized spacial score (nSPS) is 28.3. The van der Waals surface area contributed by atoms with Gasteiger partial charge in [0.15, 0.2) is 0 Å². The van der Waals surface area contributed by atoms with Crippen molar-refractivity contribution in [1.29, 1.82) is 0 Å². The Kier molecular flexibility index (Phi) is 5.17. The van der Waals surface area contributed by atoms with Crippen LogP contribution in [0.1, 0.15) is 38.8 Å². The summed E-state index contributed by atoms with van der Waals surface area (Å²) in [6.07, 6.45) is -4.33. The Labute approximate surface area is 182 Å². The number of benzene rings is 2. The molecule has 3 nitrogen and oxygen atoms in total. The molecular formula is C25H31F3N2O. The number of nitrogens with zero attached hydrogens (tertiary/aromatic N) is 2. The van der Waals surface area contributed by atoms with Gasteiger partial charge in [0.25, 0.3) is 0 Å². The van der Waals surface area contributed by atoms with Crippen LogP contribution >= 0.6 is 0 Å². The first-order valence-corrected chi connectivity index (χ1v) is 10.8.